The molecule has 0 amide bonds. The molecule has 2 aromatic carbocycles. The molecule has 2 aromatic heterocycles. The SMILES string of the molecule is O=c1[nH]c2c(S(=O)(=O)c3ccc4ccn(CCN5CCOCC5)c4c3)ccc(Cl)c2c(=O)n1O. The summed E-state index contributed by atoms with van der Waals surface area (Å²) in [6, 6.07) is 9.18. The Morgan fingerprint density at radius 2 is 1.82 bits per heavy atom. The van der Waals surface area contributed by atoms with Gasteiger partial charge in [0.25, 0.3) is 5.56 Å². The smallest absolute Gasteiger partial charge is 0.362 e. The molecule has 4 aromatic rings. The van der Waals surface area contributed by atoms with E-state index in [-0.39, 0.29) is 30.4 Å². The van der Waals surface area contributed by atoms with Gasteiger partial charge in [-0.1, -0.05) is 22.4 Å². The summed E-state index contributed by atoms with van der Waals surface area (Å²) in [4.78, 5) is 28.6. The highest BCUT2D eigenvalue weighted by Crippen LogP contribution is 2.31. The number of rotatable bonds is 5. The predicted molar refractivity (Wildman–Crippen MR) is 126 cm³/mol. The third kappa shape index (κ3) is 3.80. The van der Waals surface area contributed by atoms with Crippen molar-refractivity contribution in [3.63, 3.8) is 0 Å². The van der Waals surface area contributed by atoms with Crippen LogP contribution in [-0.4, -0.2) is 65.7 Å². The van der Waals surface area contributed by atoms with Gasteiger partial charge in [0.2, 0.25) is 9.84 Å². The molecule has 5 rings (SSSR count). The van der Waals surface area contributed by atoms with Crippen molar-refractivity contribution in [2.75, 3.05) is 32.8 Å². The topological polar surface area (TPSA) is 127 Å². The molecule has 1 aliphatic rings. The highest BCUT2D eigenvalue weighted by molar-refractivity contribution is 7.91. The Hall–Kier alpha value is -3.12. The second kappa shape index (κ2) is 8.58. The second-order valence-electron chi connectivity index (χ2n) is 8.03. The van der Waals surface area contributed by atoms with Gasteiger partial charge in [-0.25, -0.2) is 13.2 Å². The van der Waals surface area contributed by atoms with Gasteiger partial charge in [-0.3, -0.25) is 9.69 Å². The van der Waals surface area contributed by atoms with Crippen molar-refractivity contribution in [2.45, 2.75) is 16.3 Å². The molecule has 0 atom stereocenters. The van der Waals surface area contributed by atoms with Crippen molar-refractivity contribution in [2.24, 2.45) is 0 Å². The van der Waals surface area contributed by atoms with Crippen molar-refractivity contribution < 1.29 is 18.4 Å². The van der Waals surface area contributed by atoms with Crippen molar-refractivity contribution in [1.82, 2.24) is 19.2 Å². The maximum absolute atomic E-state index is 13.6. The van der Waals surface area contributed by atoms with E-state index in [1.54, 1.807) is 12.1 Å². The summed E-state index contributed by atoms with van der Waals surface area (Å²) in [5, 5.41) is 10.2. The molecule has 1 aliphatic heterocycles. The monoisotopic (exact) mass is 504 g/mol. The Morgan fingerprint density at radius 3 is 2.59 bits per heavy atom. The summed E-state index contributed by atoms with van der Waals surface area (Å²) in [6.45, 7) is 4.61. The average molecular weight is 505 g/mol. The van der Waals surface area contributed by atoms with Crippen LogP contribution >= 0.6 is 11.6 Å². The van der Waals surface area contributed by atoms with Crippen LogP contribution in [0.25, 0.3) is 21.8 Å². The fourth-order valence-electron chi connectivity index (χ4n) is 4.20. The van der Waals surface area contributed by atoms with Crippen LogP contribution in [0, 0.1) is 0 Å². The maximum atomic E-state index is 13.6. The molecule has 2 N–H and O–H groups in total. The van der Waals surface area contributed by atoms with Gasteiger partial charge in [0.15, 0.2) is 0 Å². The standard InChI is InChI=1S/C22H21ClN4O6S/c23-16-3-4-18(20-19(16)21(28)27(30)22(29)24-20)34(31,32)15-2-1-14-5-6-26(17(14)13-15)8-7-25-9-11-33-12-10-25/h1-6,13,30H,7-12H2,(H,24,29). The van der Waals surface area contributed by atoms with Crippen LogP contribution in [0.1, 0.15) is 0 Å². The number of ether oxygens (including phenoxy) is 1. The van der Waals surface area contributed by atoms with Gasteiger partial charge < -0.3 is 19.5 Å². The van der Waals surface area contributed by atoms with Crippen LogP contribution in [0.4, 0.5) is 0 Å². The zero-order chi connectivity index (χ0) is 24.0. The normalized spacial score (nSPS) is 15.3. The zero-order valence-electron chi connectivity index (χ0n) is 17.9. The lowest BCUT2D eigenvalue weighted by Gasteiger charge is -2.26. The second-order valence-corrected chi connectivity index (χ2v) is 10.4. The fourth-order valence-corrected chi connectivity index (χ4v) is 5.88. The molecule has 12 heteroatoms. The van der Waals surface area contributed by atoms with E-state index >= 15 is 0 Å². The first-order chi connectivity index (χ1) is 16.3. The Labute approximate surface area is 198 Å². The van der Waals surface area contributed by atoms with Gasteiger partial charge in [-0.05, 0) is 35.7 Å². The molecule has 178 valence electrons. The van der Waals surface area contributed by atoms with E-state index in [9.17, 15) is 23.2 Å². The number of H-pyrrole nitrogens is 1. The molecule has 10 nitrogen and oxygen atoms in total. The Balaban J connectivity index is 1.58. The highest BCUT2D eigenvalue weighted by atomic mass is 35.5. The molecular formula is C22H21ClN4O6S. The summed E-state index contributed by atoms with van der Waals surface area (Å²) in [6.07, 6.45) is 1.92. The lowest BCUT2D eigenvalue weighted by Crippen LogP contribution is -2.38. The molecule has 0 saturated carbocycles. The van der Waals surface area contributed by atoms with Gasteiger partial charge in [-0.15, -0.1) is 0 Å². The maximum Gasteiger partial charge on any atom is 0.362 e. The van der Waals surface area contributed by atoms with E-state index in [1.165, 1.54) is 18.2 Å². The molecule has 1 fully saturated rings. The van der Waals surface area contributed by atoms with Gasteiger partial charge in [0, 0.05) is 37.9 Å². The van der Waals surface area contributed by atoms with Crippen LogP contribution in [0.5, 0.6) is 0 Å². The average Bonchev–Trinajstić information content (AvgIpc) is 3.24. The molecule has 0 radical (unpaired) electrons. The minimum atomic E-state index is -4.15. The summed E-state index contributed by atoms with van der Waals surface area (Å²) < 4.78 is 34.4. The van der Waals surface area contributed by atoms with Crippen molar-refractivity contribution in [3.8, 4) is 0 Å². The first-order valence-electron chi connectivity index (χ1n) is 10.6. The van der Waals surface area contributed by atoms with E-state index in [0.29, 0.717) is 19.8 Å². The number of sulfone groups is 1. The lowest BCUT2D eigenvalue weighted by atomic mass is 10.2. The first kappa shape index (κ1) is 22.7. The van der Waals surface area contributed by atoms with Crippen LogP contribution in [0.2, 0.25) is 5.02 Å². The minimum absolute atomic E-state index is 0.00368. The number of fused-ring (bicyclic) bond motifs is 2. The molecule has 1 saturated heterocycles. The number of nitrogens with one attached hydrogen (secondary N) is 1. The molecule has 34 heavy (non-hydrogen) atoms. The number of aromatic nitrogens is 3. The van der Waals surface area contributed by atoms with E-state index in [0.717, 1.165) is 30.5 Å². The summed E-state index contributed by atoms with van der Waals surface area (Å²) in [5.74, 6) is 0. The van der Waals surface area contributed by atoms with Gasteiger partial charge in [0.05, 0.1) is 38.9 Å². The van der Waals surface area contributed by atoms with E-state index in [1.807, 2.05) is 16.8 Å². The minimum Gasteiger partial charge on any atom is -0.421 e. The number of hydrogen-bond donors (Lipinski definition) is 2. The van der Waals surface area contributed by atoms with Crippen LogP contribution in [0.15, 0.2) is 62.0 Å². The number of nitrogens with zero attached hydrogens (tertiary/aromatic N) is 3. The molecule has 0 aliphatic carbocycles. The highest BCUT2D eigenvalue weighted by Gasteiger charge is 2.25. The molecule has 0 spiro atoms. The van der Waals surface area contributed by atoms with Gasteiger partial charge in [0.1, 0.15) is 0 Å². The van der Waals surface area contributed by atoms with Gasteiger partial charge in [-0.2, -0.15) is 0 Å². The number of aromatic amines is 1. The zero-order valence-corrected chi connectivity index (χ0v) is 19.5. The van der Waals surface area contributed by atoms with Crippen molar-refractivity contribution in [1.29, 1.82) is 0 Å². The predicted octanol–water partition coefficient (Wildman–Crippen LogP) is 1.70. The molecule has 0 unspecified atom stereocenters. The number of morpholine rings is 1. The van der Waals surface area contributed by atoms with E-state index in [2.05, 4.69) is 9.88 Å². The van der Waals surface area contributed by atoms with Crippen LogP contribution in [-0.2, 0) is 21.1 Å². The Kier molecular flexibility index (Phi) is 5.72. The number of benzene rings is 2. The third-order valence-corrected chi connectivity index (χ3v) is 8.16. The van der Waals surface area contributed by atoms with Crippen molar-refractivity contribution >= 4 is 43.2 Å². The first-order valence-corrected chi connectivity index (χ1v) is 12.4. The van der Waals surface area contributed by atoms with Crippen LogP contribution < -0.4 is 11.2 Å². The van der Waals surface area contributed by atoms with Crippen LogP contribution in [0.3, 0.4) is 0 Å². The Bertz CT molecular complexity index is 1630. The van der Waals surface area contributed by atoms with Gasteiger partial charge >= 0.3 is 5.69 Å². The fraction of sp³-hybridized carbons (Fsp3) is 0.273. The largest absolute Gasteiger partial charge is 0.421 e. The van der Waals surface area contributed by atoms with E-state index < -0.39 is 21.1 Å². The summed E-state index contributed by atoms with van der Waals surface area (Å²) >= 11 is 6.08. The lowest BCUT2D eigenvalue weighted by molar-refractivity contribution is 0.0365. The summed E-state index contributed by atoms with van der Waals surface area (Å²) in [7, 11) is -4.15. The Morgan fingerprint density at radius 1 is 1.06 bits per heavy atom. The third-order valence-electron chi connectivity index (χ3n) is 6.05. The van der Waals surface area contributed by atoms with Crippen molar-refractivity contribution in [3.05, 3.63) is 68.5 Å². The number of halogens is 1. The van der Waals surface area contributed by atoms with E-state index in [4.69, 9.17) is 16.3 Å². The molecular weight excluding hydrogens is 484 g/mol. The molecule has 0 bridgehead atoms. The number of hydrogen-bond acceptors (Lipinski definition) is 7. The summed E-state index contributed by atoms with van der Waals surface area (Å²) in [5.41, 5.74) is -1.77. The quantitative estimate of drug-likeness (QED) is 0.396. The molecule has 3 heterocycles.